The lowest BCUT2D eigenvalue weighted by Gasteiger charge is -2.28. The molecule has 0 aromatic carbocycles. The largest absolute Gasteiger partial charge is 0.353 e. The number of carbonyl (C=O) groups excluding carboxylic acids is 1. The number of aryl methyl sites for hydroxylation is 1. The second-order valence-electron chi connectivity index (χ2n) is 4.84. The lowest BCUT2D eigenvalue weighted by atomic mass is 10.1. The average Bonchev–Trinajstić information content (AvgIpc) is 2.76. The molecule has 2 atom stereocenters. The molecule has 6 nitrogen and oxygen atoms in total. The number of rotatable bonds is 4. The third kappa shape index (κ3) is 3.54. The van der Waals surface area contributed by atoms with E-state index in [1.165, 1.54) is 0 Å². The monoisotopic (exact) mass is 251 g/mol. The molecule has 1 aliphatic heterocycles. The van der Waals surface area contributed by atoms with Crippen molar-refractivity contribution in [2.75, 3.05) is 19.6 Å². The minimum Gasteiger partial charge on any atom is -0.353 e. The molecule has 1 saturated heterocycles. The highest BCUT2D eigenvalue weighted by Gasteiger charge is 2.22. The van der Waals surface area contributed by atoms with Gasteiger partial charge < -0.3 is 16.0 Å². The van der Waals surface area contributed by atoms with Gasteiger partial charge in [0.15, 0.2) is 0 Å². The van der Waals surface area contributed by atoms with E-state index in [1.54, 1.807) is 0 Å². The van der Waals surface area contributed by atoms with Gasteiger partial charge in [-0.25, -0.2) is 0 Å². The highest BCUT2D eigenvalue weighted by molar-refractivity contribution is 5.82. The molecule has 0 spiro atoms. The molecule has 6 heteroatoms. The van der Waals surface area contributed by atoms with Crippen LogP contribution < -0.4 is 16.0 Å². The van der Waals surface area contributed by atoms with Crippen LogP contribution in [0.2, 0.25) is 0 Å². The molecule has 100 valence electrons. The van der Waals surface area contributed by atoms with Crippen LogP contribution in [0.3, 0.4) is 0 Å². The van der Waals surface area contributed by atoms with Crippen LogP contribution in [0, 0.1) is 6.92 Å². The number of hydrogen-bond acceptors (Lipinski definition) is 4. The smallest absolute Gasteiger partial charge is 0.238 e. The zero-order valence-electron chi connectivity index (χ0n) is 10.9. The van der Waals surface area contributed by atoms with Gasteiger partial charge >= 0.3 is 0 Å². The summed E-state index contributed by atoms with van der Waals surface area (Å²) in [7, 11) is 0. The number of carbonyl (C=O) groups is 1. The van der Waals surface area contributed by atoms with Gasteiger partial charge in [0.05, 0.1) is 18.8 Å². The highest BCUT2D eigenvalue weighted by Crippen LogP contribution is 1.94. The lowest BCUT2D eigenvalue weighted by molar-refractivity contribution is -0.123. The van der Waals surface area contributed by atoms with Gasteiger partial charge in [0.25, 0.3) is 0 Å². The standard InChI is InChI=1S/C12H21N5O/c1-9-5-16-17(8-9)4-3-13-12(18)11-7-14-10(2)6-15-11/h5,8,10-11,14-15H,3-4,6-7H2,1-2H3,(H,13,18). The third-order valence-electron chi connectivity index (χ3n) is 3.06. The van der Waals surface area contributed by atoms with E-state index in [-0.39, 0.29) is 11.9 Å². The van der Waals surface area contributed by atoms with Crippen molar-refractivity contribution in [3.8, 4) is 0 Å². The van der Waals surface area contributed by atoms with Gasteiger partial charge in [-0.15, -0.1) is 0 Å². The summed E-state index contributed by atoms with van der Waals surface area (Å²) in [4.78, 5) is 11.9. The summed E-state index contributed by atoms with van der Waals surface area (Å²) < 4.78 is 1.84. The van der Waals surface area contributed by atoms with Gasteiger partial charge in [0.2, 0.25) is 5.91 Å². The molecule has 2 unspecified atom stereocenters. The van der Waals surface area contributed by atoms with Crippen LogP contribution in [0.4, 0.5) is 0 Å². The topological polar surface area (TPSA) is 71.0 Å². The second kappa shape index (κ2) is 5.97. The van der Waals surface area contributed by atoms with E-state index in [9.17, 15) is 4.79 Å². The van der Waals surface area contributed by atoms with Crippen LogP contribution in [-0.2, 0) is 11.3 Å². The summed E-state index contributed by atoms with van der Waals surface area (Å²) in [6, 6.07) is 0.307. The first-order valence-electron chi connectivity index (χ1n) is 6.38. The SMILES string of the molecule is Cc1cnn(CCNC(=O)C2CNC(C)CN2)c1. The summed E-state index contributed by atoms with van der Waals surface area (Å²) in [5, 5.41) is 13.6. The number of aromatic nitrogens is 2. The molecule has 2 heterocycles. The zero-order chi connectivity index (χ0) is 13.0. The summed E-state index contributed by atoms with van der Waals surface area (Å²) in [6.45, 7) is 6.93. The molecular formula is C12H21N5O. The Kier molecular flexibility index (Phi) is 4.33. The molecule has 1 aromatic rings. The van der Waals surface area contributed by atoms with Crippen LogP contribution in [0.15, 0.2) is 12.4 Å². The first kappa shape index (κ1) is 13.0. The highest BCUT2D eigenvalue weighted by atomic mass is 16.2. The Morgan fingerprint density at radius 3 is 3.00 bits per heavy atom. The molecule has 1 aliphatic rings. The van der Waals surface area contributed by atoms with Crippen LogP contribution in [0.5, 0.6) is 0 Å². The molecule has 0 aliphatic carbocycles. The van der Waals surface area contributed by atoms with Crippen molar-refractivity contribution in [2.24, 2.45) is 0 Å². The number of piperazine rings is 1. The number of amides is 1. The molecule has 2 rings (SSSR count). The predicted octanol–water partition coefficient (Wildman–Crippen LogP) is -0.742. The normalized spacial score (nSPS) is 23.9. The maximum absolute atomic E-state index is 11.9. The molecule has 0 saturated carbocycles. The van der Waals surface area contributed by atoms with Crippen molar-refractivity contribution in [1.29, 1.82) is 0 Å². The van der Waals surface area contributed by atoms with E-state index in [2.05, 4.69) is 28.0 Å². The first-order valence-corrected chi connectivity index (χ1v) is 6.38. The van der Waals surface area contributed by atoms with E-state index in [4.69, 9.17) is 0 Å². The fourth-order valence-corrected chi connectivity index (χ4v) is 1.97. The van der Waals surface area contributed by atoms with E-state index < -0.39 is 0 Å². The third-order valence-corrected chi connectivity index (χ3v) is 3.06. The zero-order valence-corrected chi connectivity index (χ0v) is 10.9. The second-order valence-corrected chi connectivity index (χ2v) is 4.84. The van der Waals surface area contributed by atoms with Crippen molar-refractivity contribution in [1.82, 2.24) is 25.7 Å². The molecule has 18 heavy (non-hydrogen) atoms. The fraction of sp³-hybridized carbons (Fsp3) is 0.667. The molecule has 0 radical (unpaired) electrons. The van der Waals surface area contributed by atoms with Gasteiger partial charge in [-0.2, -0.15) is 5.10 Å². The Bertz CT molecular complexity index is 395. The van der Waals surface area contributed by atoms with Crippen LogP contribution in [0.1, 0.15) is 12.5 Å². The number of hydrogen-bond donors (Lipinski definition) is 3. The Morgan fingerprint density at radius 2 is 2.39 bits per heavy atom. The Hall–Kier alpha value is -1.40. The van der Waals surface area contributed by atoms with Gasteiger partial charge in [0.1, 0.15) is 0 Å². The van der Waals surface area contributed by atoms with E-state index in [0.29, 0.717) is 25.7 Å². The van der Waals surface area contributed by atoms with E-state index in [0.717, 1.165) is 12.1 Å². The molecular weight excluding hydrogens is 230 g/mol. The van der Waals surface area contributed by atoms with Crippen molar-refractivity contribution in [2.45, 2.75) is 32.5 Å². The number of nitrogens with one attached hydrogen (secondary N) is 3. The van der Waals surface area contributed by atoms with Crippen molar-refractivity contribution in [3.05, 3.63) is 18.0 Å². The van der Waals surface area contributed by atoms with Gasteiger partial charge in [-0.05, 0) is 19.4 Å². The molecule has 1 aromatic heterocycles. The summed E-state index contributed by atoms with van der Waals surface area (Å²) in [5.74, 6) is 0.0540. The molecule has 1 amide bonds. The quantitative estimate of drug-likeness (QED) is 0.659. The summed E-state index contributed by atoms with van der Waals surface area (Å²) in [5.41, 5.74) is 1.13. The van der Waals surface area contributed by atoms with Crippen LogP contribution in [0.25, 0.3) is 0 Å². The summed E-state index contributed by atoms with van der Waals surface area (Å²) in [6.07, 6.45) is 3.78. The average molecular weight is 251 g/mol. The van der Waals surface area contributed by atoms with Gasteiger partial charge in [-0.3, -0.25) is 9.48 Å². The first-order chi connectivity index (χ1) is 8.65. The maximum Gasteiger partial charge on any atom is 0.238 e. The van der Waals surface area contributed by atoms with Crippen molar-refractivity contribution in [3.63, 3.8) is 0 Å². The summed E-state index contributed by atoms with van der Waals surface area (Å²) >= 11 is 0. The van der Waals surface area contributed by atoms with E-state index in [1.807, 2.05) is 24.0 Å². The van der Waals surface area contributed by atoms with Gasteiger partial charge in [0, 0.05) is 31.9 Å². The molecule has 0 bridgehead atoms. The van der Waals surface area contributed by atoms with Crippen LogP contribution in [-0.4, -0.2) is 47.4 Å². The molecule has 3 N–H and O–H groups in total. The fourth-order valence-electron chi connectivity index (χ4n) is 1.97. The molecule has 1 fully saturated rings. The van der Waals surface area contributed by atoms with Gasteiger partial charge in [-0.1, -0.05) is 0 Å². The number of nitrogens with zero attached hydrogens (tertiary/aromatic N) is 2. The lowest BCUT2D eigenvalue weighted by Crippen LogP contribution is -2.59. The van der Waals surface area contributed by atoms with E-state index >= 15 is 0 Å². The minimum atomic E-state index is -0.124. The Labute approximate surface area is 107 Å². The van der Waals surface area contributed by atoms with Crippen LogP contribution >= 0.6 is 0 Å². The Morgan fingerprint density at radius 1 is 1.56 bits per heavy atom. The maximum atomic E-state index is 11.9. The van der Waals surface area contributed by atoms with Crippen molar-refractivity contribution < 1.29 is 4.79 Å². The van der Waals surface area contributed by atoms with Crippen molar-refractivity contribution >= 4 is 5.91 Å². The predicted molar refractivity (Wildman–Crippen MR) is 69.2 cm³/mol. The minimum absolute atomic E-state index is 0.0540. The Balaban J connectivity index is 1.68.